The molecule has 0 atom stereocenters. The molecule has 0 aliphatic carbocycles. The lowest BCUT2D eigenvalue weighted by molar-refractivity contribution is -0.119. The summed E-state index contributed by atoms with van der Waals surface area (Å²) < 4.78 is 38.3. The highest BCUT2D eigenvalue weighted by Crippen LogP contribution is 2.32. The summed E-state index contributed by atoms with van der Waals surface area (Å²) in [6, 6.07) is 12.7. The normalized spacial score (nSPS) is 11.2. The second kappa shape index (κ2) is 10.8. The number of carbonyl (C=O) groups excluding carboxylic acids is 1. The minimum Gasteiger partial charge on any atom is -0.497 e. The first-order valence-electron chi connectivity index (χ1n) is 9.51. The monoisotopic (exact) mass is 435 g/mol. The Morgan fingerprint density at radius 3 is 2.27 bits per heavy atom. The van der Waals surface area contributed by atoms with Crippen molar-refractivity contribution in [2.45, 2.75) is 11.3 Å². The summed E-state index contributed by atoms with van der Waals surface area (Å²) in [6.07, 6.45) is 0.763. The molecule has 0 bridgehead atoms. The molecule has 0 aromatic heterocycles. The number of rotatable bonds is 11. The molecule has 164 valence electrons. The van der Waals surface area contributed by atoms with Gasteiger partial charge in [0.1, 0.15) is 18.0 Å². The average Bonchev–Trinajstić information content (AvgIpc) is 2.74. The van der Waals surface area contributed by atoms with Gasteiger partial charge in [-0.3, -0.25) is 9.10 Å². The van der Waals surface area contributed by atoms with E-state index in [1.54, 1.807) is 36.4 Å². The van der Waals surface area contributed by atoms with Crippen molar-refractivity contribution < 1.29 is 22.7 Å². The van der Waals surface area contributed by atoms with Gasteiger partial charge >= 0.3 is 0 Å². The molecule has 1 amide bonds. The second-order valence-corrected chi connectivity index (χ2v) is 8.73. The summed E-state index contributed by atoms with van der Waals surface area (Å²) in [5.74, 6) is 0.503. The van der Waals surface area contributed by atoms with Crippen LogP contribution in [-0.2, 0) is 14.8 Å². The van der Waals surface area contributed by atoms with E-state index in [2.05, 4.69) is 5.32 Å². The van der Waals surface area contributed by atoms with E-state index in [1.165, 1.54) is 26.4 Å². The number of carbonyl (C=O) groups is 1. The molecule has 0 unspecified atom stereocenters. The zero-order valence-corrected chi connectivity index (χ0v) is 18.6. The number of nitrogens with zero attached hydrogens (tertiary/aromatic N) is 2. The average molecular weight is 436 g/mol. The predicted molar refractivity (Wildman–Crippen MR) is 117 cm³/mol. The van der Waals surface area contributed by atoms with Crippen molar-refractivity contribution >= 4 is 21.6 Å². The highest BCUT2D eigenvalue weighted by Gasteiger charge is 2.29. The van der Waals surface area contributed by atoms with Crippen LogP contribution in [0.2, 0.25) is 0 Å². The fourth-order valence-corrected chi connectivity index (χ4v) is 4.25. The number of para-hydroxylation sites is 2. The SMILES string of the molecule is COc1ccc(S(=O)(=O)N(CC(=O)NCCCN(C)C)c2ccccc2OC)cc1. The Labute approximate surface area is 178 Å². The number of nitrogens with one attached hydrogen (secondary N) is 1. The fraction of sp³-hybridized carbons (Fsp3) is 0.381. The lowest BCUT2D eigenvalue weighted by Gasteiger charge is -2.25. The summed E-state index contributed by atoms with van der Waals surface area (Å²) in [5.41, 5.74) is 0.291. The molecule has 0 spiro atoms. The van der Waals surface area contributed by atoms with Crippen molar-refractivity contribution in [3.8, 4) is 11.5 Å². The second-order valence-electron chi connectivity index (χ2n) is 6.87. The minimum atomic E-state index is -4.02. The molecule has 0 fully saturated rings. The van der Waals surface area contributed by atoms with Crippen LogP contribution in [0.5, 0.6) is 11.5 Å². The van der Waals surface area contributed by atoms with Crippen LogP contribution in [0.4, 0.5) is 5.69 Å². The highest BCUT2D eigenvalue weighted by atomic mass is 32.2. The van der Waals surface area contributed by atoms with Crippen LogP contribution >= 0.6 is 0 Å². The quantitative estimate of drug-likeness (QED) is 0.543. The standard InChI is InChI=1S/C21H29N3O5S/c1-23(2)15-7-14-22-21(25)16-24(19-8-5-6-9-20(19)29-4)30(26,27)18-12-10-17(28-3)11-13-18/h5-6,8-13H,7,14-16H2,1-4H3,(H,22,25). The van der Waals surface area contributed by atoms with E-state index in [1.807, 2.05) is 19.0 Å². The summed E-state index contributed by atoms with van der Waals surface area (Å²) in [5, 5.41) is 2.79. The van der Waals surface area contributed by atoms with Crippen LogP contribution in [-0.4, -0.2) is 67.2 Å². The Morgan fingerprint density at radius 1 is 1.00 bits per heavy atom. The molecular formula is C21H29N3O5S. The lowest BCUT2D eigenvalue weighted by Crippen LogP contribution is -2.41. The third kappa shape index (κ3) is 6.11. The molecular weight excluding hydrogens is 406 g/mol. The Balaban J connectivity index is 2.32. The van der Waals surface area contributed by atoms with Crippen molar-refractivity contribution in [2.75, 3.05) is 52.3 Å². The Hall–Kier alpha value is -2.78. The van der Waals surface area contributed by atoms with Gasteiger partial charge in [-0.1, -0.05) is 12.1 Å². The summed E-state index contributed by atoms with van der Waals surface area (Å²) in [4.78, 5) is 14.6. The Kier molecular flexibility index (Phi) is 8.49. The van der Waals surface area contributed by atoms with E-state index in [4.69, 9.17) is 9.47 Å². The number of amides is 1. The molecule has 0 aliphatic rings. The topological polar surface area (TPSA) is 88.2 Å². The van der Waals surface area contributed by atoms with Gasteiger partial charge in [0.2, 0.25) is 5.91 Å². The molecule has 0 aliphatic heterocycles. The molecule has 9 heteroatoms. The van der Waals surface area contributed by atoms with E-state index in [0.717, 1.165) is 17.3 Å². The number of anilines is 1. The van der Waals surface area contributed by atoms with E-state index in [9.17, 15) is 13.2 Å². The molecule has 0 heterocycles. The summed E-state index contributed by atoms with van der Waals surface area (Å²) >= 11 is 0. The maximum atomic E-state index is 13.4. The first-order valence-corrected chi connectivity index (χ1v) is 10.9. The van der Waals surface area contributed by atoms with E-state index >= 15 is 0 Å². The van der Waals surface area contributed by atoms with Crippen molar-refractivity contribution in [3.63, 3.8) is 0 Å². The maximum absolute atomic E-state index is 13.4. The largest absolute Gasteiger partial charge is 0.497 e. The van der Waals surface area contributed by atoms with Crippen molar-refractivity contribution in [2.24, 2.45) is 0 Å². The fourth-order valence-electron chi connectivity index (χ4n) is 2.82. The molecule has 2 rings (SSSR count). The molecule has 0 saturated heterocycles. The first kappa shape index (κ1) is 23.5. The third-order valence-corrected chi connectivity index (χ3v) is 6.17. The first-order chi connectivity index (χ1) is 14.3. The van der Waals surface area contributed by atoms with Gasteiger partial charge in [0.25, 0.3) is 10.0 Å². The van der Waals surface area contributed by atoms with Crippen molar-refractivity contribution in [3.05, 3.63) is 48.5 Å². The number of benzene rings is 2. The van der Waals surface area contributed by atoms with E-state index in [-0.39, 0.29) is 11.4 Å². The number of sulfonamides is 1. The van der Waals surface area contributed by atoms with Gasteiger partial charge in [-0.05, 0) is 63.5 Å². The Bertz CT molecular complexity index is 930. The Morgan fingerprint density at radius 2 is 1.67 bits per heavy atom. The molecule has 0 saturated carbocycles. The summed E-state index contributed by atoms with van der Waals surface area (Å²) in [7, 11) is 2.84. The van der Waals surface area contributed by atoms with E-state index in [0.29, 0.717) is 23.7 Å². The molecule has 2 aromatic carbocycles. The number of methoxy groups -OCH3 is 2. The van der Waals surface area contributed by atoms with Crippen molar-refractivity contribution in [1.82, 2.24) is 10.2 Å². The van der Waals surface area contributed by atoms with Crippen LogP contribution in [0.3, 0.4) is 0 Å². The van der Waals surface area contributed by atoms with Crippen LogP contribution in [0.25, 0.3) is 0 Å². The molecule has 8 nitrogen and oxygen atoms in total. The van der Waals surface area contributed by atoms with Gasteiger partial charge in [-0.15, -0.1) is 0 Å². The lowest BCUT2D eigenvalue weighted by atomic mass is 10.3. The third-order valence-electron chi connectivity index (χ3n) is 4.39. The molecule has 30 heavy (non-hydrogen) atoms. The zero-order valence-electron chi connectivity index (χ0n) is 17.8. The molecule has 1 N–H and O–H groups in total. The van der Waals surface area contributed by atoms with Gasteiger partial charge < -0.3 is 19.7 Å². The summed E-state index contributed by atoms with van der Waals surface area (Å²) in [6.45, 7) is 0.913. The van der Waals surface area contributed by atoms with Gasteiger partial charge in [0.05, 0.1) is 24.8 Å². The van der Waals surface area contributed by atoms with Gasteiger partial charge in [0.15, 0.2) is 0 Å². The van der Waals surface area contributed by atoms with Crippen LogP contribution < -0.4 is 19.1 Å². The van der Waals surface area contributed by atoms with Gasteiger partial charge in [-0.25, -0.2) is 8.42 Å². The number of ether oxygens (including phenoxy) is 2. The van der Waals surface area contributed by atoms with E-state index < -0.39 is 15.9 Å². The minimum absolute atomic E-state index is 0.0506. The van der Waals surface area contributed by atoms with Crippen LogP contribution in [0.1, 0.15) is 6.42 Å². The smallest absolute Gasteiger partial charge is 0.264 e. The van der Waals surface area contributed by atoms with Crippen LogP contribution in [0.15, 0.2) is 53.4 Å². The van der Waals surface area contributed by atoms with Crippen LogP contribution in [0, 0.1) is 0 Å². The zero-order chi connectivity index (χ0) is 22.1. The van der Waals surface area contributed by atoms with Gasteiger partial charge in [-0.2, -0.15) is 0 Å². The highest BCUT2D eigenvalue weighted by molar-refractivity contribution is 7.92. The van der Waals surface area contributed by atoms with Crippen molar-refractivity contribution in [1.29, 1.82) is 0 Å². The van der Waals surface area contributed by atoms with Gasteiger partial charge in [0, 0.05) is 6.54 Å². The number of hydrogen-bond donors (Lipinski definition) is 1. The predicted octanol–water partition coefficient (Wildman–Crippen LogP) is 1.97. The molecule has 2 aromatic rings. The molecule has 0 radical (unpaired) electrons. The maximum Gasteiger partial charge on any atom is 0.264 e. The number of hydrogen-bond acceptors (Lipinski definition) is 6.